The molecule has 2 rings (SSSR count). The number of hydrogen-bond acceptors (Lipinski definition) is 4. The molecule has 5 heteroatoms. The van der Waals surface area contributed by atoms with E-state index in [-0.39, 0.29) is 0 Å². The van der Waals surface area contributed by atoms with Crippen LogP contribution < -0.4 is 4.74 Å². The van der Waals surface area contributed by atoms with Crippen molar-refractivity contribution in [1.29, 1.82) is 0 Å². The predicted molar refractivity (Wildman–Crippen MR) is 72.9 cm³/mol. The second kappa shape index (κ2) is 4.87. The molecule has 1 aromatic rings. The SMILES string of the molecule is COc1ccc(/C=C2/N=C(C)OC2=O)cc1I. The third-order valence-corrected chi connectivity index (χ3v) is 3.05. The molecular weight excluding hydrogens is 333 g/mol. The van der Waals surface area contributed by atoms with Crippen molar-refractivity contribution in [1.82, 2.24) is 0 Å². The Labute approximate surface area is 112 Å². The summed E-state index contributed by atoms with van der Waals surface area (Å²) in [7, 11) is 1.62. The van der Waals surface area contributed by atoms with Gasteiger partial charge in [0.25, 0.3) is 0 Å². The van der Waals surface area contributed by atoms with Crippen molar-refractivity contribution < 1.29 is 14.3 Å². The van der Waals surface area contributed by atoms with E-state index in [1.807, 2.05) is 18.2 Å². The van der Waals surface area contributed by atoms with E-state index >= 15 is 0 Å². The number of benzene rings is 1. The molecule has 0 saturated heterocycles. The molecular formula is C12H10INO3. The smallest absolute Gasteiger partial charge is 0.363 e. The zero-order chi connectivity index (χ0) is 12.4. The van der Waals surface area contributed by atoms with Crippen molar-refractivity contribution in [2.45, 2.75) is 6.92 Å². The number of rotatable bonds is 2. The van der Waals surface area contributed by atoms with Crippen LogP contribution in [-0.2, 0) is 9.53 Å². The number of methoxy groups -OCH3 is 1. The summed E-state index contributed by atoms with van der Waals surface area (Å²) in [6, 6.07) is 5.64. The second-order valence-electron chi connectivity index (χ2n) is 3.44. The topological polar surface area (TPSA) is 47.9 Å². The van der Waals surface area contributed by atoms with E-state index in [1.54, 1.807) is 20.1 Å². The molecule has 0 aliphatic carbocycles. The normalized spacial score (nSPS) is 17.0. The van der Waals surface area contributed by atoms with Crippen LogP contribution in [0.3, 0.4) is 0 Å². The van der Waals surface area contributed by atoms with Crippen molar-refractivity contribution in [3.05, 3.63) is 33.0 Å². The lowest BCUT2D eigenvalue weighted by atomic mass is 10.2. The van der Waals surface area contributed by atoms with E-state index in [1.165, 1.54) is 0 Å². The van der Waals surface area contributed by atoms with Crippen molar-refractivity contribution in [3.8, 4) is 5.75 Å². The van der Waals surface area contributed by atoms with Crippen LogP contribution in [0.15, 0.2) is 28.9 Å². The number of cyclic esters (lactones) is 1. The van der Waals surface area contributed by atoms with Gasteiger partial charge in [0.1, 0.15) is 5.75 Å². The third kappa shape index (κ3) is 2.66. The lowest BCUT2D eigenvalue weighted by molar-refractivity contribution is -0.130. The van der Waals surface area contributed by atoms with E-state index < -0.39 is 5.97 Å². The van der Waals surface area contributed by atoms with Crippen molar-refractivity contribution in [2.75, 3.05) is 7.11 Å². The Morgan fingerprint density at radius 1 is 1.47 bits per heavy atom. The lowest BCUT2D eigenvalue weighted by Crippen LogP contribution is -1.99. The molecule has 0 aromatic heterocycles. The van der Waals surface area contributed by atoms with Crippen LogP contribution in [0.5, 0.6) is 5.75 Å². The fourth-order valence-corrected chi connectivity index (χ4v) is 2.21. The van der Waals surface area contributed by atoms with Crippen LogP contribution in [0.4, 0.5) is 0 Å². The van der Waals surface area contributed by atoms with Gasteiger partial charge in [-0.25, -0.2) is 9.79 Å². The largest absolute Gasteiger partial charge is 0.496 e. The zero-order valence-corrected chi connectivity index (χ0v) is 11.5. The second-order valence-corrected chi connectivity index (χ2v) is 4.61. The quantitative estimate of drug-likeness (QED) is 0.471. The van der Waals surface area contributed by atoms with Gasteiger partial charge in [-0.15, -0.1) is 0 Å². The molecule has 0 fully saturated rings. The summed E-state index contributed by atoms with van der Waals surface area (Å²) in [6.07, 6.45) is 1.69. The standard InChI is InChI=1S/C12H10INO3/c1-7-14-10(12(15)17-7)6-8-3-4-11(16-2)9(13)5-8/h3-6H,1-2H3/b10-6+. The number of carbonyl (C=O) groups excluding carboxylic acids is 1. The highest BCUT2D eigenvalue weighted by Gasteiger charge is 2.19. The Morgan fingerprint density at radius 3 is 2.76 bits per heavy atom. The first-order chi connectivity index (χ1) is 8.10. The summed E-state index contributed by atoms with van der Waals surface area (Å²) in [5.74, 6) is 0.777. The number of nitrogens with zero attached hydrogens (tertiary/aromatic N) is 1. The Balaban J connectivity index is 2.33. The maximum absolute atomic E-state index is 11.4. The van der Waals surface area contributed by atoms with Gasteiger partial charge in [-0.05, 0) is 46.4 Å². The predicted octanol–water partition coefficient (Wildman–Crippen LogP) is 2.62. The van der Waals surface area contributed by atoms with Crippen LogP contribution in [0, 0.1) is 3.57 Å². The van der Waals surface area contributed by atoms with E-state index in [0.29, 0.717) is 11.6 Å². The van der Waals surface area contributed by atoms with Crippen LogP contribution in [0.1, 0.15) is 12.5 Å². The minimum atomic E-state index is -0.409. The molecule has 1 aliphatic heterocycles. The summed E-state index contributed by atoms with van der Waals surface area (Å²) in [6.45, 7) is 1.65. The van der Waals surface area contributed by atoms with Gasteiger partial charge in [0.05, 0.1) is 10.7 Å². The maximum Gasteiger partial charge on any atom is 0.363 e. The molecule has 0 N–H and O–H groups in total. The third-order valence-electron chi connectivity index (χ3n) is 2.21. The number of aliphatic imine (C=N–C) groups is 1. The monoisotopic (exact) mass is 343 g/mol. The number of esters is 1. The van der Waals surface area contributed by atoms with Gasteiger partial charge in [0, 0.05) is 6.92 Å². The van der Waals surface area contributed by atoms with Gasteiger partial charge in [-0.1, -0.05) is 6.07 Å². The molecule has 0 amide bonds. The highest BCUT2D eigenvalue weighted by molar-refractivity contribution is 14.1. The Kier molecular flexibility index (Phi) is 3.46. The minimum Gasteiger partial charge on any atom is -0.496 e. The van der Waals surface area contributed by atoms with Crippen molar-refractivity contribution in [3.63, 3.8) is 0 Å². The lowest BCUT2D eigenvalue weighted by Gasteiger charge is -2.03. The van der Waals surface area contributed by atoms with Crippen LogP contribution in [-0.4, -0.2) is 19.0 Å². The Bertz CT molecular complexity index is 535. The summed E-state index contributed by atoms with van der Waals surface area (Å²) < 4.78 is 11.0. The molecule has 0 saturated carbocycles. The maximum atomic E-state index is 11.4. The molecule has 1 aromatic carbocycles. The zero-order valence-electron chi connectivity index (χ0n) is 9.36. The van der Waals surface area contributed by atoms with Gasteiger partial charge >= 0.3 is 5.97 Å². The summed E-state index contributed by atoms with van der Waals surface area (Å²) >= 11 is 2.18. The van der Waals surface area contributed by atoms with Gasteiger partial charge < -0.3 is 9.47 Å². The highest BCUT2D eigenvalue weighted by Crippen LogP contribution is 2.23. The molecule has 0 atom stereocenters. The first-order valence-electron chi connectivity index (χ1n) is 4.93. The fraction of sp³-hybridized carbons (Fsp3) is 0.167. The number of halogens is 1. The van der Waals surface area contributed by atoms with Crippen LogP contribution in [0.2, 0.25) is 0 Å². The van der Waals surface area contributed by atoms with Gasteiger partial charge in [-0.2, -0.15) is 0 Å². The average molecular weight is 343 g/mol. The average Bonchev–Trinajstić information content (AvgIpc) is 2.58. The summed E-state index contributed by atoms with van der Waals surface area (Å²) in [5.41, 5.74) is 1.21. The first-order valence-corrected chi connectivity index (χ1v) is 6.01. The van der Waals surface area contributed by atoms with E-state index in [2.05, 4.69) is 27.6 Å². The number of hydrogen-bond donors (Lipinski definition) is 0. The fourth-order valence-electron chi connectivity index (χ4n) is 1.45. The van der Waals surface area contributed by atoms with Crippen molar-refractivity contribution in [2.24, 2.45) is 4.99 Å². The van der Waals surface area contributed by atoms with E-state index in [4.69, 9.17) is 9.47 Å². The van der Waals surface area contributed by atoms with Crippen LogP contribution >= 0.6 is 22.6 Å². The molecule has 0 bridgehead atoms. The molecule has 1 aliphatic rings. The summed E-state index contributed by atoms with van der Waals surface area (Å²) in [4.78, 5) is 15.4. The molecule has 0 unspecified atom stereocenters. The van der Waals surface area contributed by atoms with Gasteiger partial charge in [0.15, 0.2) is 11.6 Å². The molecule has 4 nitrogen and oxygen atoms in total. The number of carbonyl (C=O) groups is 1. The van der Waals surface area contributed by atoms with Crippen LogP contribution in [0.25, 0.3) is 6.08 Å². The van der Waals surface area contributed by atoms with Gasteiger partial charge in [0.2, 0.25) is 0 Å². The molecule has 0 radical (unpaired) electrons. The van der Waals surface area contributed by atoms with E-state index in [9.17, 15) is 4.79 Å². The van der Waals surface area contributed by atoms with Crippen molar-refractivity contribution >= 4 is 40.5 Å². The highest BCUT2D eigenvalue weighted by atomic mass is 127. The first kappa shape index (κ1) is 12.1. The number of ether oxygens (including phenoxy) is 2. The Morgan fingerprint density at radius 2 is 2.24 bits per heavy atom. The van der Waals surface area contributed by atoms with E-state index in [0.717, 1.165) is 14.9 Å². The molecule has 0 spiro atoms. The summed E-state index contributed by atoms with van der Waals surface area (Å²) in [5, 5.41) is 0. The van der Waals surface area contributed by atoms with Gasteiger partial charge in [-0.3, -0.25) is 0 Å². The molecule has 88 valence electrons. The molecule has 1 heterocycles. The Hall–Kier alpha value is -1.37. The minimum absolute atomic E-state index is 0.323. The molecule has 17 heavy (non-hydrogen) atoms.